The van der Waals surface area contributed by atoms with E-state index < -0.39 is 4.92 Å². The molecule has 0 spiro atoms. The molecule has 0 radical (unpaired) electrons. The van der Waals surface area contributed by atoms with E-state index in [1.165, 1.54) is 6.07 Å². The van der Waals surface area contributed by atoms with Crippen molar-refractivity contribution < 1.29 is 4.92 Å². The van der Waals surface area contributed by atoms with Crippen molar-refractivity contribution in [1.29, 1.82) is 0 Å². The van der Waals surface area contributed by atoms with E-state index in [4.69, 9.17) is 0 Å². The van der Waals surface area contributed by atoms with Gasteiger partial charge < -0.3 is 5.32 Å². The van der Waals surface area contributed by atoms with Gasteiger partial charge in [-0.3, -0.25) is 10.1 Å². The van der Waals surface area contributed by atoms with E-state index in [1.54, 1.807) is 6.07 Å². The van der Waals surface area contributed by atoms with E-state index in [-0.39, 0.29) is 11.7 Å². The summed E-state index contributed by atoms with van der Waals surface area (Å²) in [5, 5.41) is 14.2. The summed E-state index contributed by atoms with van der Waals surface area (Å²) in [6, 6.07) is 13.0. The lowest BCUT2D eigenvalue weighted by Crippen LogP contribution is -2.06. The fourth-order valence-corrected chi connectivity index (χ4v) is 2.48. The Balaban J connectivity index is 2.19. The van der Waals surface area contributed by atoms with Gasteiger partial charge in [-0.05, 0) is 52.7 Å². The van der Waals surface area contributed by atoms with Gasteiger partial charge in [0.2, 0.25) is 0 Å². The molecule has 0 saturated carbocycles. The second-order valence-corrected chi connectivity index (χ2v) is 6.11. The quantitative estimate of drug-likeness (QED) is 0.561. The summed E-state index contributed by atoms with van der Waals surface area (Å²) in [6.07, 6.45) is 0. The van der Waals surface area contributed by atoms with Crippen molar-refractivity contribution in [1.82, 2.24) is 0 Å². The van der Waals surface area contributed by atoms with E-state index in [0.717, 1.165) is 15.7 Å². The maximum Gasteiger partial charge on any atom is 0.285 e. The van der Waals surface area contributed by atoms with Gasteiger partial charge in [-0.2, -0.15) is 0 Å². The molecule has 0 fully saturated rings. The van der Waals surface area contributed by atoms with Gasteiger partial charge in [-0.1, -0.05) is 28.1 Å². The molecular weight excluding hydrogens is 388 g/mol. The van der Waals surface area contributed by atoms with Gasteiger partial charge in [-0.15, -0.1) is 0 Å². The zero-order valence-electron chi connectivity index (χ0n) is 10.6. The molecule has 0 heterocycles. The number of nitro benzene ring substituents is 1. The zero-order chi connectivity index (χ0) is 14.7. The molecule has 1 atom stereocenters. The number of anilines is 1. The predicted octanol–water partition coefficient (Wildman–Crippen LogP) is 5.29. The van der Waals surface area contributed by atoms with Crippen LogP contribution in [-0.4, -0.2) is 4.92 Å². The fraction of sp³-hybridized carbons (Fsp3) is 0.143. The van der Waals surface area contributed by atoms with Crippen LogP contribution in [0.5, 0.6) is 0 Å². The summed E-state index contributed by atoms with van der Waals surface area (Å²) in [7, 11) is 0. The van der Waals surface area contributed by atoms with Crippen LogP contribution in [0.4, 0.5) is 11.4 Å². The lowest BCUT2D eigenvalue weighted by molar-refractivity contribution is -0.385. The Hall–Kier alpha value is -1.40. The Morgan fingerprint density at radius 2 is 1.80 bits per heavy atom. The van der Waals surface area contributed by atoms with Crippen molar-refractivity contribution in [2.45, 2.75) is 13.0 Å². The summed E-state index contributed by atoms with van der Waals surface area (Å²) >= 11 is 6.57. The van der Waals surface area contributed by atoms with Crippen LogP contribution in [0.25, 0.3) is 0 Å². The van der Waals surface area contributed by atoms with Gasteiger partial charge in [0.05, 0.1) is 9.40 Å². The van der Waals surface area contributed by atoms with Crippen molar-refractivity contribution in [2.24, 2.45) is 0 Å². The Kier molecular flexibility index (Phi) is 4.77. The Labute approximate surface area is 133 Å². The number of nitrogens with one attached hydrogen (secondary N) is 1. The normalized spacial score (nSPS) is 11.9. The van der Waals surface area contributed by atoms with E-state index >= 15 is 0 Å². The third kappa shape index (κ3) is 3.58. The maximum absolute atomic E-state index is 10.9. The summed E-state index contributed by atoms with van der Waals surface area (Å²) in [6.45, 7) is 2.01. The van der Waals surface area contributed by atoms with Gasteiger partial charge in [0, 0.05) is 22.3 Å². The number of halogens is 2. The highest BCUT2D eigenvalue weighted by molar-refractivity contribution is 9.10. The Morgan fingerprint density at radius 1 is 1.15 bits per heavy atom. The molecule has 0 bridgehead atoms. The van der Waals surface area contributed by atoms with Crippen molar-refractivity contribution in [3.05, 3.63) is 67.1 Å². The van der Waals surface area contributed by atoms with Crippen LogP contribution in [0.1, 0.15) is 18.5 Å². The average molecular weight is 400 g/mol. The third-order valence-corrected chi connectivity index (χ3v) is 4.10. The van der Waals surface area contributed by atoms with Gasteiger partial charge in [0.1, 0.15) is 0 Å². The molecule has 104 valence electrons. The first-order valence-electron chi connectivity index (χ1n) is 5.93. The molecule has 2 aromatic carbocycles. The molecule has 0 amide bonds. The topological polar surface area (TPSA) is 55.2 Å². The molecule has 0 aromatic heterocycles. The maximum atomic E-state index is 10.9. The first-order chi connectivity index (χ1) is 9.47. The van der Waals surface area contributed by atoms with E-state index in [0.29, 0.717) is 4.47 Å². The van der Waals surface area contributed by atoms with Crippen LogP contribution in [0.2, 0.25) is 0 Å². The largest absolute Gasteiger partial charge is 0.378 e. The van der Waals surface area contributed by atoms with Crippen LogP contribution >= 0.6 is 31.9 Å². The van der Waals surface area contributed by atoms with Gasteiger partial charge in [0.15, 0.2) is 0 Å². The molecule has 2 aromatic rings. The molecule has 1 unspecified atom stereocenters. The highest BCUT2D eigenvalue weighted by Crippen LogP contribution is 2.29. The number of nitro groups is 1. The van der Waals surface area contributed by atoms with Crippen molar-refractivity contribution >= 4 is 43.2 Å². The van der Waals surface area contributed by atoms with Crippen molar-refractivity contribution in [2.75, 3.05) is 5.32 Å². The lowest BCUT2D eigenvalue weighted by atomic mass is 10.1. The van der Waals surface area contributed by atoms with Crippen LogP contribution in [0, 0.1) is 10.1 Å². The Bertz CT molecular complexity index is 630. The van der Waals surface area contributed by atoms with Gasteiger partial charge in [-0.25, -0.2) is 0 Å². The van der Waals surface area contributed by atoms with Crippen molar-refractivity contribution in [3.63, 3.8) is 0 Å². The minimum atomic E-state index is -0.403. The molecule has 0 saturated heterocycles. The molecule has 0 aliphatic carbocycles. The van der Waals surface area contributed by atoms with E-state index in [9.17, 15) is 10.1 Å². The average Bonchev–Trinajstić information content (AvgIpc) is 2.41. The number of hydrogen-bond acceptors (Lipinski definition) is 3. The number of nitrogens with zero attached hydrogens (tertiary/aromatic N) is 1. The van der Waals surface area contributed by atoms with Gasteiger partial charge >= 0.3 is 0 Å². The number of rotatable bonds is 4. The van der Waals surface area contributed by atoms with Crippen LogP contribution < -0.4 is 5.32 Å². The SMILES string of the molecule is CC(Nc1ccc(Br)c([N+](=O)[O-])c1)c1ccc(Br)cc1. The second kappa shape index (κ2) is 6.37. The molecule has 0 aliphatic heterocycles. The number of benzene rings is 2. The standard InChI is InChI=1S/C14H12Br2N2O2/c1-9(10-2-4-11(15)5-3-10)17-12-6-7-13(16)14(8-12)18(19)20/h2-9,17H,1H3. The first-order valence-corrected chi connectivity index (χ1v) is 7.52. The summed E-state index contributed by atoms with van der Waals surface area (Å²) < 4.78 is 1.50. The first kappa shape index (κ1) is 15.0. The summed E-state index contributed by atoms with van der Waals surface area (Å²) in [5.74, 6) is 0. The molecule has 20 heavy (non-hydrogen) atoms. The molecular formula is C14H12Br2N2O2. The summed E-state index contributed by atoms with van der Waals surface area (Å²) in [5.41, 5.74) is 1.88. The highest BCUT2D eigenvalue weighted by Gasteiger charge is 2.13. The Morgan fingerprint density at radius 3 is 2.40 bits per heavy atom. The molecule has 2 rings (SSSR count). The van der Waals surface area contributed by atoms with Crippen LogP contribution in [-0.2, 0) is 0 Å². The van der Waals surface area contributed by atoms with Crippen LogP contribution in [0.15, 0.2) is 51.4 Å². The minimum absolute atomic E-state index is 0.0537. The fourth-order valence-electron chi connectivity index (χ4n) is 1.83. The summed E-state index contributed by atoms with van der Waals surface area (Å²) in [4.78, 5) is 10.5. The van der Waals surface area contributed by atoms with Gasteiger partial charge in [0.25, 0.3) is 5.69 Å². The third-order valence-electron chi connectivity index (χ3n) is 2.90. The lowest BCUT2D eigenvalue weighted by Gasteiger charge is -2.16. The van der Waals surface area contributed by atoms with E-state index in [2.05, 4.69) is 37.2 Å². The minimum Gasteiger partial charge on any atom is -0.378 e. The molecule has 6 heteroatoms. The highest BCUT2D eigenvalue weighted by atomic mass is 79.9. The van der Waals surface area contributed by atoms with E-state index in [1.807, 2.05) is 37.3 Å². The molecule has 0 aliphatic rings. The molecule has 4 nitrogen and oxygen atoms in total. The number of hydrogen-bond donors (Lipinski definition) is 1. The monoisotopic (exact) mass is 398 g/mol. The van der Waals surface area contributed by atoms with Crippen LogP contribution in [0.3, 0.4) is 0 Å². The predicted molar refractivity (Wildman–Crippen MR) is 87.0 cm³/mol. The van der Waals surface area contributed by atoms with Crippen molar-refractivity contribution in [3.8, 4) is 0 Å². The molecule has 1 N–H and O–H groups in total. The zero-order valence-corrected chi connectivity index (χ0v) is 13.8. The smallest absolute Gasteiger partial charge is 0.285 e. The second-order valence-electron chi connectivity index (χ2n) is 4.34.